The van der Waals surface area contributed by atoms with Crippen LogP contribution >= 0.6 is 11.6 Å². The highest BCUT2D eigenvalue weighted by atomic mass is 35.5. The van der Waals surface area contributed by atoms with E-state index in [4.69, 9.17) is 21.1 Å². The molecule has 2 N–H and O–H groups in total. The average molecular weight is 475 g/mol. The maximum Gasteiger partial charge on any atom is 0.275 e. The number of carbonyl (C=O) groups excluding carboxylic acids is 1. The van der Waals surface area contributed by atoms with Crippen molar-refractivity contribution in [2.75, 3.05) is 7.11 Å². The molecule has 0 atom stereocenters. The Morgan fingerprint density at radius 2 is 1.82 bits per heavy atom. The third-order valence-electron chi connectivity index (χ3n) is 5.21. The Bertz CT molecular complexity index is 1380. The van der Waals surface area contributed by atoms with E-state index in [0.717, 1.165) is 21.9 Å². The molecule has 1 amide bonds. The summed E-state index contributed by atoms with van der Waals surface area (Å²) in [6.07, 6.45) is 1.44. The predicted molar refractivity (Wildman–Crippen MR) is 134 cm³/mol. The number of phenolic OH excluding ortho intramolecular Hbond substituents is 1. The van der Waals surface area contributed by atoms with E-state index in [1.807, 2.05) is 55.5 Å². The molecular weight excluding hydrogens is 452 g/mol. The van der Waals surface area contributed by atoms with Gasteiger partial charge in [-0.25, -0.2) is 5.43 Å². The molecule has 4 aromatic rings. The van der Waals surface area contributed by atoms with Gasteiger partial charge in [-0.1, -0.05) is 65.7 Å². The van der Waals surface area contributed by atoms with Crippen LogP contribution in [0.2, 0.25) is 5.02 Å². The van der Waals surface area contributed by atoms with Gasteiger partial charge in [0.05, 0.1) is 23.9 Å². The molecule has 0 saturated heterocycles. The topological polar surface area (TPSA) is 80.2 Å². The number of methoxy groups -OCH3 is 1. The number of aryl methyl sites for hydroxylation is 1. The molecule has 0 heterocycles. The zero-order valence-electron chi connectivity index (χ0n) is 18.7. The Morgan fingerprint density at radius 3 is 2.56 bits per heavy atom. The summed E-state index contributed by atoms with van der Waals surface area (Å²) in [5.41, 5.74) is 5.33. The van der Waals surface area contributed by atoms with Crippen molar-refractivity contribution in [2.24, 2.45) is 5.10 Å². The molecule has 0 saturated carbocycles. The lowest BCUT2D eigenvalue weighted by Gasteiger charge is -2.13. The fraction of sp³-hybridized carbons (Fsp3) is 0.111. The molecule has 0 aliphatic carbocycles. The molecule has 7 heteroatoms. The van der Waals surface area contributed by atoms with Crippen LogP contribution in [0.5, 0.6) is 17.2 Å². The van der Waals surface area contributed by atoms with Gasteiger partial charge in [0.2, 0.25) is 0 Å². The molecule has 0 bridgehead atoms. The number of rotatable bonds is 7. The number of fused-ring (bicyclic) bond motifs is 1. The van der Waals surface area contributed by atoms with Crippen molar-refractivity contribution in [3.63, 3.8) is 0 Å². The summed E-state index contributed by atoms with van der Waals surface area (Å²) in [4.78, 5) is 12.5. The number of hydrogen-bond donors (Lipinski definition) is 2. The monoisotopic (exact) mass is 474 g/mol. The molecule has 0 unspecified atom stereocenters. The van der Waals surface area contributed by atoms with Gasteiger partial charge in [0.15, 0.2) is 11.5 Å². The summed E-state index contributed by atoms with van der Waals surface area (Å²) >= 11 is 6.44. The standard InChI is InChI=1S/C27H23ClN2O4/c1-17-6-5-7-18(10-17)16-34-26-23(28)11-19(12-25(26)33-2)15-29-30-27(32)22-13-20-8-3-4-9-21(20)14-24(22)31/h3-15,31H,16H2,1-2H3,(H,30,32). The van der Waals surface area contributed by atoms with E-state index in [-0.39, 0.29) is 11.3 Å². The highest BCUT2D eigenvalue weighted by Gasteiger charge is 2.14. The van der Waals surface area contributed by atoms with Gasteiger partial charge in [0.1, 0.15) is 12.4 Å². The van der Waals surface area contributed by atoms with Crippen molar-refractivity contribution in [1.29, 1.82) is 0 Å². The Morgan fingerprint density at radius 1 is 1.06 bits per heavy atom. The van der Waals surface area contributed by atoms with Crippen LogP contribution < -0.4 is 14.9 Å². The van der Waals surface area contributed by atoms with Crippen LogP contribution in [0.25, 0.3) is 10.8 Å². The molecule has 0 aliphatic rings. The minimum Gasteiger partial charge on any atom is -0.507 e. The van der Waals surface area contributed by atoms with Crippen molar-refractivity contribution >= 4 is 34.5 Å². The zero-order chi connectivity index (χ0) is 24.1. The van der Waals surface area contributed by atoms with Crippen molar-refractivity contribution in [2.45, 2.75) is 13.5 Å². The van der Waals surface area contributed by atoms with Gasteiger partial charge in [-0.05, 0) is 53.1 Å². The molecule has 0 aliphatic heterocycles. The molecule has 6 nitrogen and oxygen atoms in total. The second-order valence-electron chi connectivity index (χ2n) is 7.73. The van der Waals surface area contributed by atoms with Gasteiger partial charge in [0.25, 0.3) is 5.91 Å². The third kappa shape index (κ3) is 5.30. The Hall–Kier alpha value is -4.03. The van der Waals surface area contributed by atoms with Crippen LogP contribution in [-0.4, -0.2) is 24.3 Å². The number of ether oxygens (including phenoxy) is 2. The van der Waals surface area contributed by atoms with Gasteiger partial charge in [-0.2, -0.15) is 5.10 Å². The minimum atomic E-state index is -0.532. The Kier molecular flexibility index (Phi) is 6.99. The number of aromatic hydroxyl groups is 1. The normalized spacial score (nSPS) is 11.0. The molecule has 0 fully saturated rings. The van der Waals surface area contributed by atoms with Gasteiger partial charge >= 0.3 is 0 Å². The fourth-order valence-corrected chi connectivity index (χ4v) is 3.82. The lowest BCUT2D eigenvalue weighted by Crippen LogP contribution is -2.17. The summed E-state index contributed by atoms with van der Waals surface area (Å²) in [6.45, 7) is 2.36. The van der Waals surface area contributed by atoms with Crippen LogP contribution in [0, 0.1) is 6.92 Å². The lowest BCUT2D eigenvalue weighted by atomic mass is 10.1. The zero-order valence-corrected chi connectivity index (χ0v) is 19.5. The van der Waals surface area contributed by atoms with Crippen LogP contribution in [0.1, 0.15) is 27.0 Å². The first-order valence-corrected chi connectivity index (χ1v) is 10.9. The van der Waals surface area contributed by atoms with Crippen molar-refractivity contribution < 1.29 is 19.4 Å². The van der Waals surface area contributed by atoms with E-state index in [2.05, 4.69) is 10.5 Å². The van der Waals surface area contributed by atoms with Crippen molar-refractivity contribution in [3.05, 3.63) is 100 Å². The minimum absolute atomic E-state index is 0.119. The smallest absolute Gasteiger partial charge is 0.275 e. The second-order valence-corrected chi connectivity index (χ2v) is 8.13. The number of phenols is 1. The summed E-state index contributed by atoms with van der Waals surface area (Å²) in [5, 5.41) is 16.2. The first-order chi connectivity index (χ1) is 16.4. The van der Waals surface area contributed by atoms with Gasteiger partial charge in [-0.15, -0.1) is 0 Å². The number of benzene rings is 4. The van der Waals surface area contributed by atoms with E-state index in [9.17, 15) is 9.90 Å². The predicted octanol–water partition coefficient (Wildman–Crippen LogP) is 5.86. The highest BCUT2D eigenvalue weighted by Crippen LogP contribution is 2.36. The number of nitrogens with zero attached hydrogens (tertiary/aromatic N) is 1. The largest absolute Gasteiger partial charge is 0.507 e. The SMILES string of the molecule is COc1cc(C=NNC(=O)c2cc3ccccc3cc2O)cc(Cl)c1OCc1cccc(C)c1. The Balaban J connectivity index is 1.47. The summed E-state index contributed by atoms with van der Waals surface area (Å²) in [6, 6.07) is 22.0. The van der Waals surface area contributed by atoms with Crippen LogP contribution in [-0.2, 0) is 6.61 Å². The van der Waals surface area contributed by atoms with Crippen LogP contribution in [0.4, 0.5) is 0 Å². The number of hydrogen-bond acceptors (Lipinski definition) is 5. The molecule has 172 valence electrons. The molecule has 0 spiro atoms. The van der Waals surface area contributed by atoms with E-state index in [1.54, 1.807) is 24.3 Å². The Labute approximate surface area is 202 Å². The molecule has 4 rings (SSSR count). The molecule has 0 radical (unpaired) electrons. The van der Waals surface area contributed by atoms with E-state index < -0.39 is 5.91 Å². The van der Waals surface area contributed by atoms with Crippen LogP contribution in [0.15, 0.2) is 77.9 Å². The third-order valence-corrected chi connectivity index (χ3v) is 5.49. The van der Waals surface area contributed by atoms with Crippen molar-refractivity contribution in [1.82, 2.24) is 5.43 Å². The van der Waals surface area contributed by atoms with Crippen molar-refractivity contribution in [3.8, 4) is 17.2 Å². The fourth-order valence-electron chi connectivity index (χ4n) is 3.55. The van der Waals surface area contributed by atoms with Crippen LogP contribution in [0.3, 0.4) is 0 Å². The average Bonchev–Trinajstić information content (AvgIpc) is 2.82. The molecular formula is C27H23ClN2O4. The number of halogens is 1. The molecule has 0 aromatic heterocycles. The number of amides is 1. The summed E-state index contributed by atoms with van der Waals surface area (Å²) in [7, 11) is 1.52. The number of carbonyl (C=O) groups is 1. The first kappa shape index (κ1) is 23.1. The first-order valence-electron chi connectivity index (χ1n) is 10.6. The maximum absolute atomic E-state index is 12.5. The van der Waals surface area contributed by atoms with E-state index in [0.29, 0.717) is 28.7 Å². The summed E-state index contributed by atoms with van der Waals surface area (Å²) in [5.74, 6) is 0.218. The molecule has 4 aromatic carbocycles. The van der Waals surface area contributed by atoms with Gasteiger partial charge in [0, 0.05) is 0 Å². The summed E-state index contributed by atoms with van der Waals surface area (Å²) < 4.78 is 11.3. The van der Waals surface area contributed by atoms with Gasteiger partial charge < -0.3 is 14.6 Å². The maximum atomic E-state index is 12.5. The molecule has 34 heavy (non-hydrogen) atoms. The van der Waals surface area contributed by atoms with Gasteiger partial charge in [-0.3, -0.25) is 4.79 Å². The van der Waals surface area contributed by atoms with E-state index >= 15 is 0 Å². The highest BCUT2D eigenvalue weighted by molar-refractivity contribution is 6.32. The lowest BCUT2D eigenvalue weighted by molar-refractivity contribution is 0.0952. The number of hydrazone groups is 1. The second kappa shape index (κ2) is 10.3. The van der Waals surface area contributed by atoms with E-state index in [1.165, 1.54) is 13.3 Å². The number of nitrogens with one attached hydrogen (secondary N) is 1. The quantitative estimate of drug-likeness (QED) is 0.260.